The fourth-order valence-corrected chi connectivity index (χ4v) is 2.29. The molecule has 1 aromatic heterocycles. The Morgan fingerprint density at radius 3 is 2.38 bits per heavy atom. The molecule has 0 aliphatic heterocycles. The van der Waals surface area contributed by atoms with E-state index in [1.54, 1.807) is 0 Å². The van der Waals surface area contributed by atoms with E-state index in [1.807, 2.05) is 5.38 Å². The van der Waals surface area contributed by atoms with Crippen molar-refractivity contribution in [3.63, 3.8) is 0 Å². The summed E-state index contributed by atoms with van der Waals surface area (Å²) in [5.41, 5.74) is 14.9. The van der Waals surface area contributed by atoms with E-state index in [-0.39, 0.29) is 6.04 Å². The molecule has 1 heterocycles. The molecule has 1 unspecified atom stereocenters. The highest BCUT2D eigenvalue weighted by Gasteiger charge is 2.12. The van der Waals surface area contributed by atoms with Gasteiger partial charge in [0.15, 0.2) is 5.51 Å². The van der Waals surface area contributed by atoms with Crippen LogP contribution in [-0.4, -0.2) is 4.98 Å². The van der Waals surface area contributed by atoms with Crippen molar-refractivity contribution in [3.05, 3.63) is 51.0 Å². The fourth-order valence-electron chi connectivity index (χ4n) is 1.75. The lowest BCUT2D eigenvalue weighted by Crippen LogP contribution is -2.13. The first-order valence-corrected chi connectivity index (χ1v) is 6.12. The predicted octanol–water partition coefficient (Wildman–Crippen LogP) is 2.92. The highest BCUT2D eigenvalue weighted by atomic mass is 32.1. The molecule has 2 nitrogen and oxygen atoms in total. The zero-order chi connectivity index (χ0) is 11.7. The Balaban J connectivity index is 2.42. The Labute approximate surface area is 100 Å². The molecule has 2 aromatic rings. The number of nitrogens with two attached hydrogens (primary N) is 1. The average Bonchev–Trinajstić information content (AvgIpc) is 2.77. The molecule has 0 aliphatic carbocycles. The first kappa shape index (κ1) is 11.3. The van der Waals surface area contributed by atoms with Crippen LogP contribution < -0.4 is 5.73 Å². The van der Waals surface area contributed by atoms with Crippen molar-refractivity contribution in [1.82, 2.24) is 4.98 Å². The second kappa shape index (κ2) is 4.36. The minimum atomic E-state index is -0.138. The molecule has 0 fully saturated rings. The van der Waals surface area contributed by atoms with Crippen LogP contribution in [0.5, 0.6) is 0 Å². The maximum Gasteiger partial charge on any atom is 0.152 e. The average molecular weight is 231 g/mol. The number of aromatic nitrogens is 1. The van der Waals surface area contributed by atoms with Gasteiger partial charge in [-0.3, -0.25) is 0 Å². The van der Waals surface area contributed by atoms with Crippen molar-refractivity contribution in [3.8, 4) is 0 Å². The number of rotatable bonds is 2. The quantitative estimate of drug-likeness (QED) is 0.863. The topological polar surface area (TPSA) is 38.9 Å². The SMILES string of the molecule is Cc1cc(C(N)c2cs[c]n2)cc(C)c1C. The maximum atomic E-state index is 6.17. The van der Waals surface area contributed by atoms with Gasteiger partial charge in [0.05, 0.1) is 11.7 Å². The molecular formula is C13H15N2S. The number of nitrogens with zero attached hydrogens (tertiary/aromatic N) is 1. The molecule has 83 valence electrons. The lowest BCUT2D eigenvalue weighted by molar-refractivity contribution is 0.834. The van der Waals surface area contributed by atoms with Gasteiger partial charge in [-0.1, -0.05) is 12.1 Å². The van der Waals surface area contributed by atoms with Gasteiger partial charge in [0.1, 0.15) is 0 Å². The van der Waals surface area contributed by atoms with Gasteiger partial charge in [0.25, 0.3) is 0 Å². The fraction of sp³-hybridized carbons (Fsp3) is 0.308. The number of hydrogen-bond donors (Lipinski definition) is 1. The lowest BCUT2D eigenvalue weighted by atomic mass is 9.96. The molecule has 2 rings (SSSR count). The number of benzene rings is 1. The Bertz CT molecular complexity index is 466. The van der Waals surface area contributed by atoms with E-state index in [0.717, 1.165) is 11.3 Å². The van der Waals surface area contributed by atoms with Gasteiger partial charge in [0, 0.05) is 5.38 Å². The third kappa shape index (κ3) is 2.01. The van der Waals surface area contributed by atoms with E-state index in [1.165, 1.54) is 28.0 Å². The first-order chi connectivity index (χ1) is 7.59. The molecule has 3 heteroatoms. The first-order valence-electron chi connectivity index (χ1n) is 5.24. The van der Waals surface area contributed by atoms with Gasteiger partial charge in [-0.25, -0.2) is 4.98 Å². The van der Waals surface area contributed by atoms with Crippen LogP contribution in [0.15, 0.2) is 17.5 Å². The lowest BCUT2D eigenvalue weighted by Gasteiger charge is -2.13. The molecule has 16 heavy (non-hydrogen) atoms. The number of thiazole rings is 1. The molecule has 1 atom stereocenters. The number of aryl methyl sites for hydroxylation is 2. The van der Waals surface area contributed by atoms with Crippen molar-refractivity contribution in [2.45, 2.75) is 26.8 Å². The molecule has 0 amide bonds. The molecule has 0 saturated carbocycles. The third-order valence-electron chi connectivity index (χ3n) is 3.03. The van der Waals surface area contributed by atoms with Crippen molar-refractivity contribution in [2.24, 2.45) is 5.73 Å². The standard InChI is InChI=1S/C13H15N2S/c1-8-4-11(5-9(2)10(8)3)13(14)12-6-16-7-15-12/h4-6,13H,14H2,1-3H3. The highest BCUT2D eigenvalue weighted by Crippen LogP contribution is 2.23. The molecule has 1 radical (unpaired) electrons. The normalized spacial score (nSPS) is 12.8. The molecule has 0 bridgehead atoms. The van der Waals surface area contributed by atoms with Gasteiger partial charge in [0.2, 0.25) is 0 Å². The van der Waals surface area contributed by atoms with Crippen LogP contribution in [0.3, 0.4) is 0 Å². The highest BCUT2D eigenvalue weighted by molar-refractivity contribution is 7.07. The molecule has 0 spiro atoms. The van der Waals surface area contributed by atoms with Crippen LogP contribution in [0.25, 0.3) is 0 Å². The zero-order valence-electron chi connectivity index (χ0n) is 9.74. The summed E-state index contributed by atoms with van der Waals surface area (Å²) in [6, 6.07) is 4.15. The van der Waals surface area contributed by atoms with Gasteiger partial charge < -0.3 is 5.73 Å². The van der Waals surface area contributed by atoms with Gasteiger partial charge >= 0.3 is 0 Å². The van der Waals surface area contributed by atoms with Gasteiger partial charge in [-0.15, -0.1) is 11.3 Å². The van der Waals surface area contributed by atoms with E-state index < -0.39 is 0 Å². The number of hydrogen-bond acceptors (Lipinski definition) is 3. The van der Waals surface area contributed by atoms with Gasteiger partial charge in [-0.2, -0.15) is 0 Å². The predicted molar refractivity (Wildman–Crippen MR) is 67.6 cm³/mol. The van der Waals surface area contributed by atoms with Crippen LogP contribution in [0.2, 0.25) is 0 Å². The largest absolute Gasteiger partial charge is 0.319 e. The van der Waals surface area contributed by atoms with Crippen LogP contribution >= 0.6 is 11.3 Å². The third-order valence-corrected chi connectivity index (χ3v) is 3.59. The Morgan fingerprint density at radius 2 is 1.88 bits per heavy atom. The molecule has 0 saturated heterocycles. The van der Waals surface area contributed by atoms with Crippen molar-refractivity contribution in [1.29, 1.82) is 0 Å². The monoisotopic (exact) mass is 231 g/mol. The van der Waals surface area contributed by atoms with Crippen molar-refractivity contribution >= 4 is 11.3 Å². The molecule has 2 N–H and O–H groups in total. The van der Waals surface area contributed by atoms with Crippen molar-refractivity contribution < 1.29 is 0 Å². The maximum absolute atomic E-state index is 6.17. The van der Waals surface area contributed by atoms with Gasteiger partial charge in [-0.05, 0) is 43.0 Å². The summed E-state index contributed by atoms with van der Waals surface area (Å²) in [6.45, 7) is 6.37. The second-order valence-electron chi connectivity index (χ2n) is 4.12. The summed E-state index contributed by atoms with van der Waals surface area (Å²) >= 11 is 1.46. The van der Waals surface area contributed by atoms with E-state index in [9.17, 15) is 0 Å². The van der Waals surface area contributed by atoms with E-state index in [4.69, 9.17) is 5.73 Å². The summed E-state index contributed by atoms with van der Waals surface area (Å²) in [4.78, 5) is 4.14. The van der Waals surface area contributed by atoms with Crippen LogP contribution in [0, 0.1) is 26.3 Å². The Morgan fingerprint density at radius 1 is 1.25 bits per heavy atom. The summed E-state index contributed by atoms with van der Waals surface area (Å²) in [6.07, 6.45) is 0. The summed E-state index contributed by atoms with van der Waals surface area (Å²) in [5.74, 6) is 0. The van der Waals surface area contributed by atoms with E-state index >= 15 is 0 Å². The van der Waals surface area contributed by atoms with Crippen molar-refractivity contribution in [2.75, 3.05) is 0 Å². The minimum Gasteiger partial charge on any atom is -0.319 e. The smallest absolute Gasteiger partial charge is 0.152 e. The Hall–Kier alpha value is -1.19. The summed E-state index contributed by atoms with van der Waals surface area (Å²) in [5, 5.41) is 1.95. The molecular weight excluding hydrogens is 216 g/mol. The van der Waals surface area contributed by atoms with E-state index in [0.29, 0.717) is 0 Å². The summed E-state index contributed by atoms with van der Waals surface area (Å²) < 4.78 is 0. The van der Waals surface area contributed by atoms with Crippen LogP contribution in [-0.2, 0) is 0 Å². The second-order valence-corrected chi connectivity index (χ2v) is 4.78. The van der Waals surface area contributed by atoms with E-state index in [2.05, 4.69) is 43.4 Å². The molecule has 0 aliphatic rings. The van der Waals surface area contributed by atoms with Crippen LogP contribution in [0.1, 0.15) is 34.0 Å². The Kier molecular flexibility index (Phi) is 3.08. The zero-order valence-corrected chi connectivity index (χ0v) is 10.6. The minimum absolute atomic E-state index is 0.138. The van der Waals surface area contributed by atoms with Crippen LogP contribution in [0.4, 0.5) is 0 Å². The summed E-state index contributed by atoms with van der Waals surface area (Å²) in [7, 11) is 0. The molecule has 1 aromatic carbocycles.